The zero-order chi connectivity index (χ0) is 21.7. The number of hydrogen-bond donors (Lipinski definition) is 1. The lowest BCUT2D eigenvalue weighted by Gasteiger charge is -2.31. The fourth-order valence-electron chi connectivity index (χ4n) is 4.47. The maximum Gasteiger partial charge on any atom is 0.305 e. The first kappa shape index (κ1) is 21.8. The molecule has 3 aromatic rings. The fourth-order valence-corrected chi connectivity index (χ4v) is 4.59. The topological polar surface area (TPSA) is 47.6 Å². The van der Waals surface area contributed by atoms with Crippen molar-refractivity contribution in [2.45, 2.75) is 43.9 Å². The van der Waals surface area contributed by atoms with E-state index in [0.717, 1.165) is 36.4 Å². The lowest BCUT2D eigenvalue weighted by Crippen LogP contribution is -2.32. The third-order valence-corrected chi connectivity index (χ3v) is 6.37. The van der Waals surface area contributed by atoms with E-state index in [1.54, 1.807) is 0 Å². The van der Waals surface area contributed by atoms with Crippen molar-refractivity contribution in [1.29, 1.82) is 0 Å². The van der Waals surface area contributed by atoms with E-state index in [9.17, 15) is 4.79 Å². The van der Waals surface area contributed by atoms with Gasteiger partial charge in [-0.3, -0.25) is 4.79 Å². The Bertz CT molecular complexity index is 1030. The molecule has 1 fully saturated rings. The van der Waals surface area contributed by atoms with Gasteiger partial charge in [-0.2, -0.15) is 0 Å². The van der Waals surface area contributed by atoms with E-state index in [-0.39, 0.29) is 12.0 Å². The van der Waals surface area contributed by atoms with Gasteiger partial charge in [-0.1, -0.05) is 66.2 Å². The van der Waals surface area contributed by atoms with Crippen molar-refractivity contribution < 1.29 is 14.3 Å². The van der Waals surface area contributed by atoms with Gasteiger partial charge in [0.2, 0.25) is 0 Å². The first-order valence-corrected chi connectivity index (χ1v) is 11.1. The Kier molecular flexibility index (Phi) is 6.91. The van der Waals surface area contributed by atoms with Gasteiger partial charge in [0.15, 0.2) is 0 Å². The van der Waals surface area contributed by atoms with Gasteiger partial charge in [-0.15, -0.1) is 0 Å². The predicted octanol–water partition coefficient (Wildman–Crippen LogP) is 5.61. The number of rotatable bonds is 8. The number of nitrogens with one attached hydrogen (secondary N) is 1. The van der Waals surface area contributed by atoms with Crippen molar-refractivity contribution in [1.82, 2.24) is 5.32 Å². The van der Waals surface area contributed by atoms with Gasteiger partial charge in [0.25, 0.3) is 0 Å². The van der Waals surface area contributed by atoms with Gasteiger partial charge in [0, 0.05) is 24.0 Å². The molecule has 5 heteroatoms. The maximum atomic E-state index is 11.5. The van der Waals surface area contributed by atoms with Gasteiger partial charge >= 0.3 is 5.97 Å². The summed E-state index contributed by atoms with van der Waals surface area (Å²) in [5, 5.41) is 6.80. The third kappa shape index (κ3) is 5.09. The molecule has 4 rings (SSSR count). The Morgan fingerprint density at radius 3 is 2.68 bits per heavy atom. The molecule has 2 unspecified atom stereocenters. The Hall–Kier alpha value is -2.40. The summed E-state index contributed by atoms with van der Waals surface area (Å²) in [6, 6.07) is 23.0. The van der Waals surface area contributed by atoms with Crippen LogP contribution in [0, 0.1) is 0 Å². The molecule has 0 radical (unpaired) electrons. The van der Waals surface area contributed by atoms with Crippen LogP contribution < -0.4 is 5.32 Å². The molecule has 4 nitrogen and oxygen atoms in total. The van der Waals surface area contributed by atoms with Crippen molar-refractivity contribution >= 4 is 28.3 Å². The number of carbonyl (C=O) groups is 1. The largest absolute Gasteiger partial charge is 0.469 e. The van der Waals surface area contributed by atoms with Crippen LogP contribution in [-0.2, 0) is 26.5 Å². The molecule has 1 aliphatic rings. The molecule has 0 bridgehead atoms. The number of halogens is 1. The summed E-state index contributed by atoms with van der Waals surface area (Å²) in [6.45, 7) is 1.24. The zero-order valence-electron chi connectivity index (χ0n) is 17.8. The first-order chi connectivity index (χ1) is 15.1. The Morgan fingerprint density at radius 2 is 1.87 bits per heavy atom. The lowest BCUT2D eigenvalue weighted by molar-refractivity contribution is -0.140. The van der Waals surface area contributed by atoms with Crippen molar-refractivity contribution in [2.24, 2.45) is 0 Å². The average molecular weight is 438 g/mol. The normalized spacial score (nSPS) is 20.8. The number of hydrogen-bond acceptors (Lipinski definition) is 4. The Labute approximate surface area is 188 Å². The molecule has 1 N–H and O–H groups in total. The van der Waals surface area contributed by atoms with E-state index in [4.69, 9.17) is 21.1 Å². The van der Waals surface area contributed by atoms with E-state index < -0.39 is 5.60 Å². The van der Waals surface area contributed by atoms with Gasteiger partial charge in [-0.25, -0.2) is 0 Å². The number of fused-ring (bicyclic) bond motifs is 1. The van der Waals surface area contributed by atoms with Crippen molar-refractivity contribution in [2.75, 3.05) is 13.7 Å². The molecule has 2 atom stereocenters. The fraction of sp³-hybridized carbons (Fsp3) is 0.346. The van der Waals surface area contributed by atoms with E-state index >= 15 is 0 Å². The molecule has 0 spiro atoms. The van der Waals surface area contributed by atoms with Crippen LogP contribution in [0.1, 0.15) is 36.8 Å². The second-order valence-electron chi connectivity index (χ2n) is 8.19. The second kappa shape index (κ2) is 9.82. The zero-order valence-corrected chi connectivity index (χ0v) is 18.5. The van der Waals surface area contributed by atoms with E-state index in [2.05, 4.69) is 47.8 Å². The molecule has 1 saturated heterocycles. The SMILES string of the molecule is COC(=O)CCCC1CC(OCc2ccc(Cl)cc2)(c2cccc3ccccc23)CN1. The number of ether oxygens (including phenoxy) is 2. The number of methoxy groups -OCH3 is 1. The molecule has 0 saturated carbocycles. The summed E-state index contributed by atoms with van der Waals surface area (Å²) in [5.74, 6) is -0.155. The third-order valence-electron chi connectivity index (χ3n) is 6.12. The summed E-state index contributed by atoms with van der Waals surface area (Å²) in [6.07, 6.45) is 3.01. The van der Waals surface area contributed by atoms with Crippen LogP contribution in [0.2, 0.25) is 5.02 Å². The standard InChI is InChI=1S/C26H28ClNO3/c1-30-25(29)11-5-8-22-16-26(18-28-22,31-17-19-12-14-21(27)15-13-19)24-10-4-7-20-6-2-3-9-23(20)24/h2-4,6-7,9-10,12-15,22,28H,5,8,11,16-18H2,1H3. The van der Waals surface area contributed by atoms with Gasteiger partial charge in [0.05, 0.1) is 13.7 Å². The van der Waals surface area contributed by atoms with Crippen LogP contribution >= 0.6 is 11.6 Å². The monoisotopic (exact) mass is 437 g/mol. The van der Waals surface area contributed by atoms with Crippen LogP contribution in [0.25, 0.3) is 10.8 Å². The number of carbonyl (C=O) groups excluding carboxylic acids is 1. The van der Waals surface area contributed by atoms with Crippen LogP contribution in [0.15, 0.2) is 66.7 Å². The molecule has 1 aliphatic heterocycles. The minimum absolute atomic E-state index is 0.155. The molecule has 31 heavy (non-hydrogen) atoms. The molecular formula is C26H28ClNO3. The summed E-state index contributed by atoms with van der Waals surface area (Å²) in [5.41, 5.74) is 1.87. The summed E-state index contributed by atoms with van der Waals surface area (Å²) >= 11 is 6.04. The Morgan fingerprint density at radius 1 is 1.10 bits per heavy atom. The summed E-state index contributed by atoms with van der Waals surface area (Å²) in [7, 11) is 1.44. The van der Waals surface area contributed by atoms with E-state index in [1.165, 1.54) is 23.4 Å². The highest BCUT2D eigenvalue weighted by Crippen LogP contribution is 2.40. The Balaban J connectivity index is 1.58. The lowest BCUT2D eigenvalue weighted by atomic mass is 9.86. The predicted molar refractivity (Wildman–Crippen MR) is 124 cm³/mol. The molecule has 0 aliphatic carbocycles. The maximum absolute atomic E-state index is 11.5. The van der Waals surface area contributed by atoms with Crippen molar-refractivity contribution in [3.63, 3.8) is 0 Å². The van der Waals surface area contributed by atoms with Gasteiger partial charge < -0.3 is 14.8 Å². The molecule has 3 aromatic carbocycles. The highest BCUT2D eigenvalue weighted by molar-refractivity contribution is 6.30. The molecule has 0 aromatic heterocycles. The van der Waals surface area contributed by atoms with Crippen LogP contribution in [0.3, 0.4) is 0 Å². The van der Waals surface area contributed by atoms with Crippen LogP contribution in [0.5, 0.6) is 0 Å². The summed E-state index contributed by atoms with van der Waals surface area (Å²) in [4.78, 5) is 11.5. The summed E-state index contributed by atoms with van der Waals surface area (Å²) < 4.78 is 11.5. The molecule has 162 valence electrons. The van der Waals surface area contributed by atoms with Gasteiger partial charge in [0.1, 0.15) is 5.60 Å². The number of esters is 1. The van der Waals surface area contributed by atoms with Crippen molar-refractivity contribution in [3.05, 3.63) is 82.9 Å². The van der Waals surface area contributed by atoms with Crippen molar-refractivity contribution in [3.8, 4) is 0 Å². The van der Waals surface area contributed by atoms with Crippen LogP contribution in [0.4, 0.5) is 0 Å². The quantitative estimate of drug-likeness (QED) is 0.465. The smallest absolute Gasteiger partial charge is 0.305 e. The van der Waals surface area contributed by atoms with Gasteiger partial charge in [-0.05, 0) is 53.3 Å². The number of benzene rings is 3. The molecule has 1 heterocycles. The van der Waals surface area contributed by atoms with E-state index in [0.29, 0.717) is 13.0 Å². The average Bonchev–Trinajstić information content (AvgIpc) is 3.22. The minimum Gasteiger partial charge on any atom is -0.469 e. The van der Waals surface area contributed by atoms with E-state index in [1.807, 2.05) is 24.3 Å². The molecular weight excluding hydrogens is 410 g/mol. The highest BCUT2D eigenvalue weighted by Gasteiger charge is 2.42. The highest BCUT2D eigenvalue weighted by atomic mass is 35.5. The first-order valence-electron chi connectivity index (χ1n) is 10.8. The second-order valence-corrected chi connectivity index (χ2v) is 8.62. The minimum atomic E-state index is -0.434. The van der Waals surface area contributed by atoms with Crippen LogP contribution in [-0.4, -0.2) is 25.7 Å². The molecule has 0 amide bonds.